The summed E-state index contributed by atoms with van der Waals surface area (Å²) in [7, 11) is 0. The van der Waals surface area contributed by atoms with Gasteiger partial charge >= 0.3 is 5.97 Å². The number of benzene rings is 2. The van der Waals surface area contributed by atoms with Crippen molar-refractivity contribution in [3.8, 4) is 11.1 Å². The van der Waals surface area contributed by atoms with Gasteiger partial charge in [-0.15, -0.1) is 0 Å². The molecule has 0 spiro atoms. The highest BCUT2D eigenvalue weighted by atomic mass is 16.4. The molecule has 4 N–H and O–H groups in total. The summed E-state index contributed by atoms with van der Waals surface area (Å²) in [5.41, 5.74) is 8.09. The van der Waals surface area contributed by atoms with Gasteiger partial charge in [0.15, 0.2) is 0 Å². The minimum atomic E-state index is -1.01. The SMILES string of the molecule is Cc1ccc(C(=N)N)c(-c2ccccc2)c1C(=O)O. The van der Waals surface area contributed by atoms with Crippen molar-refractivity contribution >= 4 is 11.8 Å². The number of nitrogens with two attached hydrogens (primary N) is 1. The minimum absolute atomic E-state index is 0.138. The van der Waals surface area contributed by atoms with Crippen LogP contribution in [0.15, 0.2) is 42.5 Å². The molecular weight excluding hydrogens is 240 g/mol. The molecule has 0 aromatic heterocycles. The number of aryl methyl sites for hydroxylation is 1. The molecule has 0 amide bonds. The predicted molar refractivity (Wildman–Crippen MR) is 74.6 cm³/mol. The van der Waals surface area contributed by atoms with E-state index in [0.717, 1.165) is 5.56 Å². The van der Waals surface area contributed by atoms with Crippen LogP contribution in [0, 0.1) is 12.3 Å². The molecule has 0 aliphatic heterocycles. The first-order valence-electron chi connectivity index (χ1n) is 5.79. The smallest absolute Gasteiger partial charge is 0.336 e. The lowest BCUT2D eigenvalue weighted by atomic mass is 9.91. The van der Waals surface area contributed by atoms with Gasteiger partial charge in [-0.1, -0.05) is 42.5 Å². The summed E-state index contributed by atoms with van der Waals surface area (Å²) in [6.45, 7) is 1.74. The number of hydrogen-bond acceptors (Lipinski definition) is 2. The maximum Gasteiger partial charge on any atom is 0.336 e. The van der Waals surface area contributed by atoms with Gasteiger partial charge < -0.3 is 10.8 Å². The van der Waals surface area contributed by atoms with Crippen molar-refractivity contribution in [1.82, 2.24) is 0 Å². The van der Waals surface area contributed by atoms with Crippen LogP contribution < -0.4 is 5.73 Å². The Morgan fingerprint density at radius 1 is 1.16 bits per heavy atom. The van der Waals surface area contributed by atoms with Gasteiger partial charge in [0.1, 0.15) is 5.84 Å². The lowest BCUT2D eigenvalue weighted by molar-refractivity contribution is 0.0697. The van der Waals surface area contributed by atoms with E-state index in [2.05, 4.69) is 0 Å². The van der Waals surface area contributed by atoms with Crippen LogP contribution in [0.3, 0.4) is 0 Å². The standard InChI is InChI=1S/C15H14N2O2/c1-9-7-8-11(14(16)17)13(12(9)15(18)19)10-5-3-2-4-6-10/h2-8H,1H3,(H3,16,17)(H,18,19). The first-order valence-corrected chi connectivity index (χ1v) is 5.79. The van der Waals surface area contributed by atoms with Crippen molar-refractivity contribution in [2.75, 3.05) is 0 Å². The molecule has 0 unspecified atom stereocenters. The number of carboxylic acids is 1. The van der Waals surface area contributed by atoms with Crippen molar-refractivity contribution in [3.05, 3.63) is 59.2 Å². The van der Waals surface area contributed by atoms with Gasteiger partial charge in [-0.2, -0.15) is 0 Å². The molecule has 96 valence electrons. The van der Waals surface area contributed by atoms with Crippen LogP contribution in [0.5, 0.6) is 0 Å². The summed E-state index contributed by atoms with van der Waals surface area (Å²) in [4.78, 5) is 11.5. The summed E-state index contributed by atoms with van der Waals surface area (Å²) < 4.78 is 0. The molecule has 0 radical (unpaired) electrons. The number of aromatic carboxylic acids is 1. The second-order valence-electron chi connectivity index (χ2n) is 4.26. The highest BCUT2D eigenvalue weighted by molar-refractivity contribution is 6.08. The van der Waals surface area contributed by atoms with E-state index < -0.39 is 5.97 Å². The van der Waals surface area contributed by atoms with Crippen LogP contribution in [-0.2, 0) is 0 Å². The zero-order valence-corrected chi connectivity index (χ0v) is 10.5. The number of nitrogen functional groups attached to an aromatic ring is 1. The summed E-state index contributed by atoms with van der Waals surface area (Å²) in [5.74, 6) is -1.15. The minimum Gasteiger partial charge on any atom is -0.478 e. The van der Waals surface area contributed by atoms with Crippen molar-refractivity contribution in [2.45, 2.75) is 6.92 Å². The fourth-order valence-corrected chi connectivity index (χ4v) is 2.11. The molecule has 0 aliphatic rings. The van der Waals surface area contributed by atoms with E-state index in [1.165, 1.54) is 0 Å². The molecule has 2 aromatic carbocycles. The summed E-state index contributed by atoms with van der Waals surface area (Å²) in [5, 5.41) is 17.0. The molecule has 0 saturated carbocycles. The highest BCUT2D eigenvalue weighted by Crippen LogP contribution is 2.30. The molecule has 0 fully saturated rings. The summed E-state index contributed by atoms with van der Waals surface area (Å²) in [6.07, 6.45) is 0. The van der Waals surface area contributed by atoms with Gasteiger partial charge in [-0.3, -0.25) is 5.41 Å². The second kappa shape index (κ2) is 4.94. The Balaban J connectivity index is 2.85. The number of rotatable bonds is 3. The monoisotopic (exact) mass is 254 g/mol. The molecule has 2 rings (SSSR count). The number of nitrogens with one attached hydrogen (secondary N) is 1. The van der Waals surface area contributed by atoms with E-state index >= 15 is 0 Å². The van der Waals surface area contributed by atoms with Gasteiger partial charge in [-0.05, 0) is 18.1 Å². The largest absolute Gasteiger partial charge is 0.478 e. The average molecular weight is 254 g/mol. The molecule has 0 saturated heterocycles. The van der Waals surface area contributed by atoms with Crippen LogP contribution >= 0.6 is 0 Å². The molecule has 4 heteroatoms. The second-order valence-corrected chi connectivity index (χ2v) is 4.26. The molecule has 2 aromatic rings. The van der Waals surface area contributed by atoms with E-state index in [1.807, 2.05) is 30.3 Å². The first-order chi connectivity index (χ1) is 9.02. The Hall–Kier alpha value is -2.62. The highest BCUT2D eigenvalue weighted by Gasteiger charge is 2.19. The zero-order chi connectivity index (χ0) is 14.0. The molecule has 0 atom stereocenters. The summed E-state index contributed by atoms with van der Waals surface area (Å²) >= 11 is 0. The van der Waals surface area contributed by atoms with E-state index in [4.69, 9.17) is 11.1 Å². The van der Waals surface area contributed by atoms with Crippen LogP contribution in [0.1, 0.15) is 21.5 Å². The molecular formula is C15H14N2O2. The first kappa shape index (κ1) is 12.8. The Morgan fingerprint density at radius 2 is 1.79 bits per heavy atom. The molecule has 4 nitrogen and oxygen atoms in total. The zero-order valence-electron chi connectivity index (χ0n) is 10.5. The fraction of sp³-hybridized carbons (Fsp3) is 0.0667. The van der Waals surface area contributed by atoms with Crippen LogP contribution in [0.25, 0.3) is 11.1 Å². The molecule has 0 heterocycles. The third-order valence-electron chi connectivity index (χ3n) is 2.98. The third-order valence-corrected chi connectivity index (χ3v) is 2.98. The van der Waals surface area contributed by atoms with Crippen LogP contribution in [0.2, 0.25) is 0 Å². The number of carbonyl (C=O) groups is 1. The van der Waals surface area contributed by atoms with Gasteiger partial charge in [0.25, 0.3) is 0 Å². The molecule has 0 bridgehead atoms. The predicted octanol–water partition coefficient (Wildman–Crippen LogP) is 2.64. The Morgan fingerprint density at radius 3 is 2.32 bits per heavy atom. The van der Waals surface area contributed by atoms with E-state index in [1.54, 1.807) is 19.1 Å². The lowest BCUT2D eigenvalue weighted by Gasteiger charge is -2.14. The summed E-state index contributed by atoms with van der Waals surface area (Å²) in [6, 6.07) is 12.5. The van der Waals surface area contributed by atoms with Crippen molar-refractivity contribution < 1.29 is 9.90 Å². The van der Waals surface area contributed by atoms with Gasteiger partial charge in [0, 0.05) is 11.1 Å². The Kier molecular flexibility index (Phi) is 3.33. The Labute approximate surface area is 111 Å². The van der Waals surface area contributed by atoms with Gasteiger partial charge in [0.05, 0.1) is 5.56 Å². The number of hydrogen-bond donors (Lipinski definition) is 3. The van der Waals surface area contributed by atoms with Crippen molar-refractivity contribution in [3.63, 3.8) is 0 Å². The quantitative estimate of drug-likeness (QED) is 0.581. The van der Waals surface area contributed by atoms with Crippen LogP contribution in [-0.4, -0.2) is 16.9 Å². The van der Waals surface area contributed by atoms with Crippen molar-refractivity contribution in [1.29, 1.82) is 5.41 Å². The molecule has 0 aliphatic carbocycles. The Bertz CT molecular complexity index is 649. The maximum atomic E-state index is 11.5. The fourth-order valence-electron chi connectivity index (χ4n) is 2.11. The topological polar surface area (TPSA) is 87.2 Å². The molecule has 19 heavy (non-hydrogen) atoms. The van der Waals surface area contributed by atoms with E-state index in [0.29, 0.717) is 16.7 Å². The van der Waals surface area contributed by atoms with E-state index in [-0.39, 0.29) is 11.4 Å². The van der Waals surface area contributed by atoms with Crippen LogP contribution in [0.4, 0.5) is 0 Å². The average Bonchev–Trinajstić information content (AvgIpc) is 2.38. The van der Waals surface area contributed by atoms with Gasteiger partial charge in [0.2, 0.25) is 0 Å². The van der Waals surface area contributed by atoms with Crippen molar-refractivity contribution in [2.24, 2.45) is 5.73 Å². The normalized spacial score (nSPS) is 10.2. The van der Waals surface area contributed by atoms with E-state index in [9.17, 15) is 9.90 Å². The number of amidine groups is 1. The lowest BCUT2D eigenvalue weighted by Crippen LogP contribution is -2.15. The third kappa shape index (κ3) is 2.33. The maximum absolute atomic E-state index is 11.5. The number of carboxylic acid groups (broad SMARTS) is 1. The van der Waals surface area contributed by atoms with Gasteiger partial charge in [-0.25, -0.2) is 4.79 Å².